The third kappa shape index (κ3) is 5.51. The third-order valence-corrected chi connectivity index (χ3v) is 7.26. The van der Waals surface area contributed by atoms with Crippen LogP contribution in [0.2, 0.25) is 0 Å². The summed E-state index contributed by atoms with van der Waals surface area (Å²) in [5.41, 5.74) is 1.55. The van der Waals surface area contributed by atoms with E-state index in [1.54, 1.807) is 32.0 Å². The molecular formula is C23H27N7O5S. The molecule has 0 atom stereocenters. The number of pyridine rings is 1. The lowest BCUT2D eigenvalue weighted by Gasteiger charge is -2.17. The topological polar surface area (TPSA) is 164 Å². The smallest absolute Gasteiger partial charge is 0.320 e. The first-order valence-electron chi connectivity index (χ1n) is 10.8. The minimum absolute atomic E-state index is 0.0256. The Morgan fingerprint density at radius 2 is 1.67 bits per heavy atom. The summed E-state index contributed by atoms with van der Waals surface area (Å²) in [4.78, 5) is 36.8. The summed E-state index contributed by atoms with van der Waals surface area (Å²) in [6.07, 6.45) is 3.86. The molecule has 3 rings (SSSR count). The molecule has 0 saturated carbocycles. The Morgan fingerprint density at radius 3 is 2.25 bits per heavy atom. The minimum atomic E-state index is -3.52. The fourth-order valence-electron chi connectivity index (χ4n) is 3.17. The molecule has 0 radical (unpaired) electrons. The number of rotatable bonds is 8. The van der Waals surface area contributed by atoms with Gasteiger partial charge in [0.2, 0.25) is 0 Å². The van der Waals surface area contributed by atoms with Crippen LogP contribution in [-0.2, 0) is 9.84 Å². The zero-order valence-corrected chi connectivity index (χ0v) is 21.2. The molecular weight excluding hydrogens is 486 g/mol. The molecule has 3 aromatic rings. The fraction of sp³-hybridized carbons (Fsp3) is 0.261. The van der Waals surface area contributed by atoms with Gasteiger partial charge < -0.3 is 20.7 Å². The summed E-state index contributed by atoms with van der Waals surface area (Å²) < 4.78 is 30.4. The lowest BCUT2D eigenvalue weighted by molar-refractivity contribution is 0.0963. The van der Waals surface area contributed by atoms with E-state index in [1.165, 1.54) is 45.9 Å². The standard InChI is InChI=1S/C23H27N7O5S/c1-13(2)36(33,34)14-10-27-21(28-11-14)15-7-6-8-17(20(15)35-5)29-18-9-19(30-23(32)25-4)26-12-16(18)22(31)24-3/h6-13H,1-5H3,(H,24,31)(H3,25,26,29,30,32). The highest BCUT2D eigenvalue weighted by Crippen LogP contribution is 2.37. The van der Waals surface area contributed by atoms with Gasteiger partial charge in [0.15, 0.2) is 21.4 Å². The number of ether oxygens (including phenoxy) is 1. The molecule has 0 saturated heterocycles. The first-order valence-corrected chi connectivity index (χ1v) is 12.4. The van der Waals surface area contributed by atoms with E-state index in [2.05, 4.69) is 36.2 Å². The van der Waals surface area contributed by atoms with E-state index < -0.39 is 27.0 Å². The number of amides is 3. The van der Waals surface area contributed by atoms with E-state index in [0.29, 0.717) is 22.7 Å². The van der Waals surface area contributed by atoms with Gasteiger partial charge in [0.1, 0.15) is 10.7 Å². The number of carbonyl (C=O) groups excluding carboxylic acids is 2. The summed E-state index contributed by atoms with van der Waals surface area (Å²) in [6.45, 7) is 3.17. The molecule has 36 heavy (non-hydrogen) atoms. The van der Waals surface area contributed by atoms with Crippen molar-refractivity contribution in [2.45, 2.75) is 24.0 Å². The van der Waals surface area contributed by atoms with E-state index in [0.717, 1.165) is 0 Å². The number of nitrogens with one attached hydrogen (secondary N) is 4. The Morgan fingerprint density at radius 1 is 0.972 bits per heavy atom. The lowest BCUT2D eigenvalue weighted by Crippen LogP contribution is -2.25. The van der Waals surface area contributed by atoms with Crippen LogP contribution in [0.4, 0.5) is 22.0 Å². The second-order valence-electron chi connectivity index (χ2n) is 7.75. The van der Waals surface area contributed by atoms with Gasteiger partial charge >= 0.3 is 6.03 Å². The van der Waals surface area contributed by atoms with Crippen molar-refractivity contribution < 1.29 is 22.7 Å². The van der Waals surface area contributed by atoms with Crippen molar-refractivity contribution in [2.75, 3.05) is 31.8 Å². The van der Waals surface area contributed by atoms with E-state index in [4.69, 9.17) is 4.74 Å². The number of methoxy groups -OCH3 is 1. The number of aromatic nitrogens is 3. The van der Waals surface area contributed by atoms with Gasteiger partial charge in [-0.1, -0.05) is 6.07 Å². The number of benzene rings is 1. The predicted molar refractivity (Wildman–Crippen MR) is 135 cm³/mol. The van der Waals surface area contributed by atoms with Gasteiger partial charge in [-0.25, -0.2) is 28.2 Å². The van der Waals surface area contributed by atoms with Crippen LogP contribution in [0.3, 0.4) is 0 Å². The Hall–Kier alpha value is -4.26. The molecule has 2 aromatic heterocycles. The number of carbonyl (C=O) groups is 2. The molecule has 190 valence electrons. The highest BCUT2D eigenvalue weighted by atomic mass is 32.2. The maximum Gasteiger partial charge on any atom is 0.320 e. The van der Waals surface area contributed by atoms with E-state index in [9.17, 15) is 18.0 Å². The Bertz CT molecular complexity index is 1380. The molecule has 13 heteroatoms. The summed E-state index contributed by atoms with van der Waals surface area (Å²) in [7, 11) is 0.907. The molecule has 3 amide bonds. The normalized spacial score (nSPS) is 11.1. The van der Waals surface area contributed by atoms with Crippen LogP contribution < -0.4 is 26.0 Å². The molecule has 0 unspecified atom stereocenters. The van der Waals surface area contributed by atoms with E-state index in [-0.39, 0.29) is 22.1 Å². The molecule has 0 bridgehead atoms. The van der Waals surface area contributed by atoms with Crippen molar-refractivity contribution in [3.8, 4) is 17.1 Å². The summed E-state index contributed by atoms with van der Waals surface area (Å²) >= 11 is 0. The van der Waals surface area contributed by atoms with Crippen LogP contribution in [-0.4, -0.2) is 61.8 Å². The highest BCUT2D eigenvalue weighted by molar-refractivity contribution is 7.92. The largest absolute Gasteiger partial charge is 0.494 e. The lowest BCUT2D eigenvalue weighted by atomic mass is 10.1. The zero-order valence-electron chi connectivity index (χ0n) is 20.4. The number of hydrogen-bond acceptors (Lipinski definition) is 9. The molecule has 1 aromatic carbocycles. The fourth-order valence-corrected chi connectivity index (χ4v) is 4.12. The van der Waals surface area contributed by atoms with Gasteiger partial charge in [0.25, 0.3) is 5.91 Å². The van der Waals surface area contributed by atoms with Gasteiger partial charge in [0, 0.05) is 38.8 Å². The van der Waals surface area contributed by atoms with E-state index in [1.807, 2.05) is 0 Å². The number of para-hydroxylation sites is 1. The molecule has 2 heterocycles. The van der Waals surface area contributed by atoms with Gasteiger partial charge in [-0.3, -0.25) is 10.1 Å². The van der Waals surface area contributed by atoms with Gasteiger partial charge in [-0.2, -0.15) is 0 Å². The van der Waals surface area contributed by atoms with Gasteiger partial charge in [0.05, 0.1) is 34.9 Å². The second-order valence-corrected chi connectivity index (χ2v) is 10.3. The SMILES string of the molecule is CNC(=O)Nc1cc(Nc2cccc(-c3ncc(S(=O)(=O)C(C)C)cn3)c2OC)c(C(=O)NC)cn1. The van der Waals surface area contributed by atoms with Crippen molar-refractivity contribution in [1.29, 1.82) is 0 Å². The molecule has 12 nitrogen and oxygen atoms in total. The number of hydrogen-bond donors (Lipinski definition) is 4. The number of nitrogens with zero attached hydrogens (tertiary/aromatic N) is 3. The first-order chi connectivity index (χ1) is 17.1. The van der Waals surface area contributed by atoms with Crippen molar-refractivity contribution in [1.82, 2.24) is 25.6 Å². The van der Waals surface area contributed by atoms with Crippen LogP contribution >= 0.6 is 0 Å². The number of urea groups is 1. The number of sulfone groups is 1. The molecule has 0 aliphatic carbocycles. The second kappa shape index (κ2) is 11.0. The van der Waals surface area contributed by atoms with Crippen molar-refractivity contribution in [3.05, 3.63) is 48.4 Å². The van der Waals surface area contributed by atoms with E-state index >= 15 is 0 Å². The first kappa shape index (κ1) is 26.3. The predicted octanol–water partition coefficient (Wildman–Crippen LogP) is 2.58. The third-order valence-electron chi connectivity index (χ3n) is 5.15. The molecule has 0 fully saturated rings. The Balaban J connectivity index is 2.04. The quantitative estimate of drug-likeness (QED) is 0.354. The van der Waals surface area contributed by atoms with Crippen LogP contribution in [0.1, 0.15) is 24.2 Å². The maximum absolute atomic E-state index is 12.4. The minimum Gasteiger partial charge on any atom is -0.494 e. The Labute approximate surface area is 208 Å². The Kier molecular flexibility index (Phi) is 8.04. The molecule has 0 aliphatic heterocycles. The van der Waals surface area contributed by atoms with Crippen LogP contribution in [0.5, 0.6) is 5.75 Å². The average Bonchev–Trinajstić information content (AvgIpc) is 2.88. The van der Waals surface area contributed by atoms with Crippen molar-refractivity contribution in [3.63, 3.8) is 0 Å². The van der Waals surface area contributed by atoms with Crippen LogP contribution in [0.15, 0.2) is 47.8 Å². The summed E-state index contributed by atoms with van der Waals surface area (Å²) in [5, 5.41) is 10.1. The van der Waals surface area contributed by atoms with Gasteiger partial charge in [-0.05, 0) is 26.0 Å². The summed E-state index contributed by atoms with van der Waals surface area (Å²) in [5.74, 6) is 0.431. The monoisotopic (exact) mass is 513 g/mol. The van der Waals surface area contributed by atoms with Crippen LogP contribution in [0, 0.1) is 0 Å². The average molecular weight is 514 g/mol. The zero-order chi connectivity index (χ0) is 26.5. The van der Waals surface area contributed by atoms with Gasteiger partial charge in [-0.15, -0.1) is 0 Å². The number of anilines is 3. The molecule has 0 spiro atoms. The molecule has 4 N–H and O–H groups in total. The maximum atomic E-state index is 12.4. The highest BCUT2D eigenvalue weighted by Gasteiger charge is 2.22. The van der Waals surface area contributed by atoms with Crippen molar-refractivity contribution in [2.24, 2.45) is 0 Å². The van der Waals surface area contributed by atoms with Crippen molar-refractivity contribution >= 4 is 39.0 Å². The molecule has 0 aliphatic rings. The summed E-state index contributed by atoms with van der Waals surface area (Å²) in [6, 6.07) is 6.21. The van der Waals surface area contributed by atoms with Crippen LogP contribution in [0.25, 0.3) is 11.4 Å².